The van der Waals surface area contributed by atoms with Crippen molar-refractivity contribution in [1.82, 2.24) is 8.61 Å². The van der Waals surface area contributed by atoms with Crippen molar-refractivity contribution in [3.8, 4) is 0 Å². The second-order valence-electron chi connectivity index (χ2n) is 5.38. The molecule has 0 aromatic rings. The smallest absolute Gasteiger partial charge is 0.282 e. The van der Waals surface area contributed by atoms with E-state index in [1.807, 2.05) is 13.8 Å². The third kappa shape index (κ3) is 2.71. The van der Waals surface area contributed by atoms with Crippen LogP contribution < -0.4 is 0 Å². The SMILES string of the molecule is CCN(CC)S(=O)(=O)N1CCCC1C1CCCC1=O. The van der Waals surface area contributed by atoms with Crippen molar-refractivity contribution in [2.24, 2.45) is 5.92 Å². The summed E-state index contributed by atoms with van der Waals surface area (Å²) in [6.45, 7) is 5.24. The third-order valence-corrected chi connectivity index (χ3v) is 6.61. The number of carbonyl (C=O) groups is 1. The van der Waals surface area contributed by atoms with Crippen LogP contribution in [0, 0.1) is 5.92 Å². The number of hydrogen-bond acceptors (Lipinski definition) is 3. The molecule has 0 amide bonds. The fourth-order valence-electron chi connectivity index (χ4n) is 3.40. The van der Waals surface area contributed by atoms with Crippen LogP contribution in [0.2, 0.25) is 0 Å². The topological polar surface area (TPSA) is 57.7 Å². The first-order valence-electron chi connectivity index (χ1n) is 7.32. The number of rotatable bonds is 5. The van der Waals surface area contributed by atoms with Gasteiger partial charge in [-0.25, -0.2) is 0 Å². The van der Waals surface area contributed by atoms with E-state index in [2.05, 4.69) is 0 Å². The first-order valence-corrected chi connectivity index (χ1v) is 8.71. The molecule has 2 fully saturated rings. The molecule has 2 aliphatic rings. The van der Waals surface area contributed by atoms with E-state index < -0.39 is 10.2 Å². The summed E-state index contributed by atoms with van der Waals surface area (Å²) in [6, 6.07) is -0.0967. The van der Waals surface area contributed by atoms with Crippen molar-refractivity contribution >= 4 is 16.0 Å². The Morgan fingerprint density at radius 3 is 2.42 bits per heavy atom. The van der Waals surface area contributed by atoms with Gasteiger partial charge in [0.15, 0.2) is 0 Å². The molecule has 0 radical (unpaired) electrons. The molecule has 1 heterocycles. The molecule has 19 heavy (non-hydrogen) atoms. The van der Waals surface area contributed by atoms with Crippen LogP contribution in [0.3, 0.4) is 0 Å². The molecule has 0 aromatic heterocycles. The van der Waals surface area contributed by atoms with E-state index in [0.29, 0.717) is 26.1 Å². The summed E-state index contributed by atoms with van der Waals surface area (Å²) in [7, 11) is -3.40. The number of ketones is 1. The molecule has 1 saturated heterocycles. The van der Waals surface area contributed by atoms with Gasteiger partial charge in [0.1, 0.15) is 5.78 Å². The molecule has 5 nitrogen and oxygen atoms in total. The predicted molar refractivity (Wildman–Crippen MR) is 73.9 cm³/mol. The maximum Gasteiger partial charge on any atom is 0.282 e. The van der Waals surface area contributed by atoms with Crippen LogP contribution in [-0.2, 0) is 15.0 Å². The summed E-state index contributed by atoms with van der Waals surface area (Å²) in [4.78, 5) is 11.9. The summed E-state index contributed by atoms with van der Waals surface area (Å²) in [6.07, 6.45) is 4.10. The highest BCUT2D eigenvalue weighted by atomic mass is 32.2. The first-order chi connectivity index (χ1) is 9.02. The quantitative estimate of drug-likeness (QED) is 0.768. The molecule has 6 heteroatoms. The lowest BCUT2D eigenvalue weighted by Gasteiger charge is -2.32. The van der Waals surface area contributed by atoms with Crippen LogP contribution in [0.4, 0.5) is 0 Å². The van der Waals surface area contributed by atoms with Crippen LogP contribution in [-0.4, -0.2) is 48.5 Å². The molecule has 1 aliphatic carbocycles. The molecule has 1 aliphatic heterocycles. The van der Waals surface area contributed by atoms with Crippen LogP contribution in [0.15, 0.2) is 0 Å². The van der Waals surface area contributed by atoms with E-state index >= 15 is 0 Å². The summed E-state index contributed by atoms with van der Waals surface area (Å²) < 4.78 is 28.3. The highest BCUT2D eigenvalue weighted by Gasteiger charge is 2.44. The Kier molecular flexibility index (Phi) is 4.63. The minimum absolute atomic E-state index is 0.0622. The van der Waals surface area contributed by atoms with Crippen LogP contribution in [0.25, 0.3) is 0 Å². The molecule has 2 atom stereocenters. The molecular weight excluding hydrogens is 264 g/mol. The lowest BCUT2D eigenvalue weighted by molar-refractivity contribution is -0.121. The van der Waals surface area contributed by atoms with Crippen LogP contribution in [0.5, 0.6) is 0 Å². The Labute approximate surface area is 116 Å². The van der Waals surface area contributed by atoms with Crippen molar-refractivity contribution in [2.45, 2.75) is 52.0 Å². The molecule has 2 rings (SSSR count). The minimum Gasteiger partial charge on any atom is -0.299 e. The van der Waals surface area contributed by atoms with Gasteiger partial charge in [0.25, 0.3) is 10.2 Å². The second-order valence-corrected chi connectivity index (χ2v) is 7.26. The van der Waals surface area contributed by atoms with E-state index in [4.69, 9.17) is 0 Å². The molecule has 1 saturated carbocycles. The number of nitrogens with zero attached hydrogens (tertiary/aromatic N) is 2. The highest BCUT2D eigenvalue weighted by molar-refractivity contribution is 7.86. The standard InChI is InChI=1S/C13H24N2O3S/c1-3-14(4-2)19(17,18)15-10-6-8-12(15)11-7-5-9-13(11)16/h11-12H,3-10H2,1-2H3. The summed E-state index contributed by atoms with van der Waals surface area (Å²) >= 11 is 0. The third-order valence-electron chi connectivity index (χ3n) is 4.39. The van der Waals surface area contributed by atoms with E-state index in [0.717, 1.165) is 25.7 Å². The Hall–Kier alpha value is -0.460. The molecular formula is C13H24N2O3S. The van der Waals surface area contributed by atoms with Crippen molar-refractivity contribution < 1.29 is 13.2 Å². The Bertz CT molecular complexity index is 431. The average molecular weight is 288 g/mol. The van der Waals surface area contributed by atoms with Gasteiger partial charge in [0, 0.05) is 38.0 Å². The predicted octanol–water partition coefficient (Wildman–Crippen LogP) is 1.41. The fraction of sp³-hybridized carbons (Fsp3) is 0.923. The van der Waals surface area contributed by atoms with E-state index in [-0.39, 0.29) is 17.7 Å². The lowest BCUT2D eigenvalue weighted by Crippen LogP contribution is -2.48. The lowest BCUT2D eigenvalue weighted by atomic mass is 9.96. The van der Waals surface area contributed by atoms with Crippen molar-refractivity contribution in [1.29, 1.82) is 0 Å². The summed E-state index contributed by atoms with van der Waals surface area (Å²) in [5.41, 5.74) is 0. The Morgan fingerprint density at radius 1 is 1.21 bits per heavy atom. The monoisotopic (exact) mass is 288 g/mol. The van der Waals surface area contributed by atoms with Gasteiger partial charge in [-0.2, -0.15) is 17.0 Å². The Morgan fingerprint density at radius 2 is 1.89 bits per heavy atom. The number of carbonyl (C=O) groups excluding carboxylic acids is 1. The zero-order valence-electron chi connectivity index (χ0n) is 11.8. The van der Waals surface area contributed by atoms with Gasteiger partial charge in [-0.1, -0.05) is 13.8 Å². The fourth-order valence-corrected chi connectivity index (χ4v) is 5.31. The van der Waals surface area contributed by atoms with E-state index in [1.165, 1.54) is 4.31 Å². The maximum atomic E-state index is 12.6. The van der Waals surface area contributed by atoms with Gasteiger partial charge >= 0.3 is 0 Å². The largest absolute Gasteiger partial charge is 0.299 e. The Balaban J connectivity index is 2.21. The van der Waals surface area contributed by atoms with Crippen molar-refractivity contribution in [3.63, 3.8) is 0 Å². The summed E-state index contributed by atoms with van der Waals surface area (Å²) in [5.74, 6) is 0.194. The van der Waals surface area contributed by atoms with Crippen LogP contribution in [0.1, 0.15) is 46.0 Å². The van der Waals surface area contributed by atoms with Gasteiger partial charge in [0.2, 0.25) is 0 Å². The molecule has 2 unspecified atom stereocenters. The van der Waals surface area contributed by atoms with Gasteiger partial charge in [0.05, 0.1) is 0 Å². The molecule has 0 N–H and O–H groups in total. The maximum absolute atomic E-state index is 12.6. The normalized spacial score (nSPS) is 29.5. The zero-order valence-corrected chi connectivity index (χ0v) is 12.7. The number of Topliss-reactive ketones (excluding diaryl/α,β-unsaturated/α-hetero) is 1. The molecule has 0 bridgehead atoms. The van der Waals surface area contributed by atoms with Crippen molar-refractivity contribution in [3.05, 3.63) is 0 Å². The van der Waals surface area contributed by atoms with Crippen LogP contribution >= 0.6 is 0 Å². The summed E-state index contributed by atoms with van der Waals surface area (Å²) in [5, 5.41) is 0. The molecule has 110 valence electrons. The first kappa shape index (κ1) is 14.9. The van der Waals surface area contributed by atoms with Gasteiger partial charge in [-0.05, 0) is 25.7 Å². The minimum atomic E-state index is -3.40. The average Bonchev–Trinajstić information content (AvgIpc) is 2.98. The van der Waals surface area contributed by atoms with Gasteiger partial charge < -0.3 is 0 Å². The van der Waals surface area contributed by atoms with E-state index in [9.17, 15) is 13.2 Å². The molecule has 0 spiro atoms. The molecule has 0 aromatic carbocycles. The second kappa shape index (κ2) is 5.89. The van der Waals surface area contributed by atoms with Gasteiger partial charge in [-0.3, -0.25) is 4.79 Å². The van der Waals surface area contributed by atoms with E-state index in [1.54, 1.807) is 4.31 Å². The highest BCUT2D eigenvalue weighted by Crippen LogP contribution is 2.35. The van der Waals surface area contributed by atoms with Gasteiger partial charge in [-0.15, -0.1) is 0 Å². The zero-order chi connectivity index (χ0) is 14.0. The number of hydrogen-bond donors (Lipinski definition) is 0. The van der Waals surface area contributed by atoms with Crippen molar-refractivity contribution in [2.75, 3.05) is 19.6 Å².